The number of carbonyl (C=O) groups excluding carboxylic acids is 3. The van der Waals surface area contributed by atoms with Gasteiger partial charge in [-0.25, -0.2) is 4.98 Å². The van der Waals surface area contributed by atoms with Crippen LogP contribution >= 0.6 is 22.7 Å². The monoisotopic (exact) mass is 406 g/mol. The summed E-state index contributed by atoms with van der Waals surface area (Å²) in [5.41, 5.74) is 0.837. The van der Waals surface area contributed by atoms with Gasteiger partial charge in [0.1, 0.15) is 0 Å². The maximum Gasteiger partial charge on any atom is 0.245 e. The Balaban J connectivity index is 1.63. The Morgan fingerprint density at radius 1 is 1.26 bits per heavy atom. The molecule has 1 saturated heterocycles. The molecule has 2 aromatic heterocycles. The Labute approximate surface area is 165 Å². The lowest BCUT2D eigenvalue weighted by molar-refractivity contribution is -0.136. The minimum atomic E-state index is -0.219. The third kappa shape index (κ3) is 5.14. The number of amides is 3. The summed E-state index contributed by atoms with van der Waals surface area (Å²) in [6, 6.07) is 3.94. The van der Waals surface area contributed by atoms with Gasteiger partial charge in [-0.1, -0.05) is 0 Å². The van der Waals surface area contributed by atoms with Gasteiger partial charge in [0, 0.05) is 29.6 Å². The van der Waals surface area contributed by atoms with E-state index < -0.39 is 0 Å². The van der Waals surface area contributed by atoms with Crippen LogP contribution in [0.5, 0.6) is 0 Å². The van der Waals surface area contributed by atoms with Crippen molar-refractivity contribution in [3.63, 3.8) is 0 Å². The summed E-state index contributed by atoms with van der Waals surface area (Å²) in [6.07, 6.45) is 2.36. The van der Waals surface area contributed by atoms with E-state index in [1.54, 1.807) is 16.2 Å². The molecule has 0 aromatic carbocycles. The first-order chi connectivity index (χ1) is 12.9. The Bertz CT molecular complexity index is 859. The molecule has 3 amide bonds. The molecule has 0 spiro atoms. The number of hydrogen-bond acceptors (Lipinski definition) is 6. The van der Waals surface area contributed by atoms with E-state index >= 15 is 0 Å². The van der Waals surface area contributed by atoms with Gasteiger partial charge in [0.25, 0.3) is 0 Å². The molecule has 144 valence electrons. The second-order valence-electron chi connectivity index (χ2n) is 6.42. The highest BCUT2D eigenvalue weighted by atomic mass is 32.1. The number of thiazole rings is 1. The molecule has 0 bridgehead atoms. The molecule has 1 fully saturated rings. The zero-order chi connectivity index (χ0) is 19.4. The van der Waals surface area contributed by atoms with Crippen molar-refractivity contribution in [2.45, 2.75) is 39.7 Å². The maximum atomic E-state index is 12.3. The lowest BCUT2D eigenvalue weighted by Gasteiger charge is -2.25. The number of aryl methyl sites for hydroxylation is 1. The summed E-state index contributed by atoms with van der Waals surface area (Å²) in [4.78, 5) is 44.3. The number of thiophene rings is 1. The van der Waals surface area contributed by atoms with Gasteiger partial charge in [0.2, 0.25) is 17.7 Å². The van der Waals surface area contributed by atoms with E-state index in [0.717, 1.165) is 33.2 Å². The van der Waals surface area contributed by atoms with Gasteiger partial charge in [-0.15, -0.1) is 22.7 Å². The number of anilines is 1. The van der Waals surface area contributed by atoms with Crippen LogP contribution in [0.2, 0.25) is 0 Å². The minimum absolute atomic E-state index is 0.0395. The van der Waals surface area contributed by atoms with Crippen molar-refractivity contribution in [2.75, 3.05) is 18.4 Å². The number of nitrogens with one attached hydrogen (secondary N) is 2. The van der Waals surface area contributed by atoms with Crippen LogP contribution in [-0.4, -0.2) is 40.7 Å². The van der Waals surface area contributed by atoms with E-state index in [2.05, 4.69) is 15.6 Å². The van der Waals surface area contributed by atoms with Gasteiger partial charge >= 0.3 is 0 Å². The highest BCUT2D eigenvalue weighted by Gasteiger charge is 2.21. The Morgan fingerprint density at radius 2 is 2.07 bits per heavy atom. The topological polar surface area (TPSA) is 91.4 Å². The molecule has 0 atom stereocenters. The van der Waals surface area contributed by atoms with Crippen molar-refractivity contribution in [1.82, 2.24) is 15.2 Å². The van der Waals surface area contributed by atoms with Crippen molar-refractivity contribution >= 4 is 45.5 Å². The van der Waals surface area contributed by atoms with Crippen LogP contribution in [0.3, 0.4) is 0 Å². The summed E-state index contributed by atoms with van der Waals surface area (Å²) in [7, 11) is 0. The number of hydrogen-bond donors (Lipinski definition) is 2. The molecule has 1 aliphatic heterocycles. The highest BCUT2D eigenvalue weighted by Crippen LogP contribution is 2.34. The predicted molar refractivity (Wildman–Crippen MR) is 107 cm³/mol. The van der Waals surface area contributed by atoms with Crippen LogP contribution in [0.15, 0.2) is 12.1 Å². The molecule has 0 saturated carbocycles. The van der Waals surface area contributed by atoms with Crippen LogP contribution in [0, 0.1) is 6.92 Å². The third-order valence-corrected chi connectivity index (χ3v) is 6.18. The molecular formula is C18H22N4O3S2. The van der Waals surface area contributed by atoms with Gasteiger partial charge in [-0.3, -0.25) is 14.4 Å². The normalized spacial score (nSPS) is 14.3. The molecule has 2 aromatic rings. The Hall–Kier alpha value is -2.26. The third-order valence-electron chi connectivity index (χ3n) is 4.21. The van der Waals surface area contributed by atoms with Gasteiger partial charge in [-0.05, 0) is 31.9 Å². The first-order valence-corrected chi connectivity index (χ1v) is 10.4. The minimum Gasteiger partial charge on any atom is -0.351 e. The first kappa shape index (κ1) is 19.5. The number of piperidine rings is 1. The van der Waals surface area contributed by atoms with Crippen LogP contribution < -0.4 is 10.6 Å². The molecule has 27 heavy (non-hydrogen) atoms. The molecule has 0 aliphatic carbocycles. The van der Waals surface area contributed by atoms with E-state index in [1.807, 2.05) is 19.1 Å². The van der Waals surface area contributed by atoms with E-state index in [1.165, 1.54) is 18.3 Å². The van der Waals surface area contributed by atoms with Crippen LogP contribution in [0.4, 0.5) is 5.13 Å². The molecule has 3 heterocycles. The summed E-state index contributed by atoms with van der Waals surface area (Å²) in [6.45, 7) is 4.67. The average molecular weight is 407 g/mol. The first-order valence-electron chi connectivity index (χ1n) is 8.81. The Morgan fingerprint density at radius 3 is 2.81 bits per heavy atom. The summed E-state index contributed by atoms with van der Waals surface area (Å²) in [5, 5.41) is 6.13. The number of rotatable bonds is 6. The van der Waals surface area contributed by atoms with Crippen molar-refractivity contribution in [3.05, 3.63) is 21.9 Å². The summed E-state index contributed by atoms with van der Waals surface area (Å²) in [5.74, 6) is -0.243. The second-order valence-corrected chi connectivity index (χ2v) is 8.79. The van der Waals surface area contributed by atoms with Crippen molar-refractivity contribution < 1.29 is 14.4 Å². The zero-order valence-corrected chi connectivity index (χ0v) is 17.0. The molecule has 0 radical (unpaired) electrons. The molecule has 7 nitrogen and oxygen atoms in total. The number of likely N-dealkylation sites (tertiary alicyclic amines) is 1. The fourth-order valence-corrected chi connectivity index (χ4v) is 4.75. The molecule has 2 N–H and O–H groups in total. The predicted octanol–water partition coefficient (Wildman–Crippen LogP) is 2.77. The SMILES string of the molecule is CC(=O)NCc1ccc(-c2nc(NC(=O)CN3CCCCC3=O)sc2C)s1. The zero-order valence-electron chi connectivity index (χ0n) is 15.3. The summed E-state index contributed by atoms with van der Waals surface area (Å²) < 4.78 is 0. The number of carbonyl (C=O) groups is 3. The lowest BCUT2D eigenvalue weighted by Crippen LogP contribution is -2.40. The van der Waals surface area contributed by atoms with Gasteiger partial charge in [0.05, 0.1) is 23.7 Å². The molecule has 1 aliphatic rings. The standard InChI is InChI=1S/C18H22N4O3S2/c1-11-17(14-7-6-13(27-14)9-19-12(2)23)21-18(26-11)20-15(24)10-22-8-4-3-5-16(22)25/h6-7H,3-5,8-10H2,1-2H3,(H,19,23)(H,20,21,24). The molecular weight excluding hydrogens is 384 g/mol. The number of nitrogens with zero attached hydrogens (tertiary/aromatic N) is 2. The second kappa shape index (κ2) is 8.62. The van der Waals surface area contributed by atoms with Gasteiger partial charge in [-0.2, -0.15) is 0 Å². The average Bonchev–Trinajstić information content (AvgIpc) is 3.21. The van der Waals surface area contributed by atoms with Gasteiger partial charge < -0.3 is 15.5 Å². The van der Waals surface area contributed by atoms with Crippen molar-refractivity contribution in [1.29, 1.82) is 0 Å². The van der Waals surface area contributed by atoms with Crippen LogP contribution in [0.25, 0.3) is 10.6 Å². The van der Waals surface area contributed by atoms with E-state index in [-0.39, 0.29) is 24.3 Å². The molecule has 0 unspecified atom stereocenters. The molecule has 3 rings (SSSR count). The Kier molecular flexibility index (Phi) is 6.22. The van der Waals surface area contributed by atoms with Crippen molar-refractivity contribution in [2.24, 2.45) is 0 Å². The quantitative estimate of drug-likeness (QED) is 0.772. The number of aromatic nitrogens is 1. The van der Waals surface area contributed by atoms with Gasteiger partial charge in [0.15, 0.2) is 5.13 Å². The van der Waals surface area contributed by atoms with Crippen LogP contribution in [-0.2, 0) is 20.9 Å². The van der Waals surface area contributed by atoms with Crippen LogP contribution in [0.1, 0.15) is 35.9 Å². The summed E-state index contributed by atoms with van der Waals surface area (Å²) >= 11 is 2.99. The van der Waals surface area contributed by atoms with E-state index in [4.69, 9.17) is 0 Å². The largest absolute Gasteiger partial charge is 0.351 e. The fourth-order valence-electron chi connectivity index (χ4n) is 2.85. The van der Waals surface area contributed by atoms with E-state index in [9.17, 15) is 14.4 Å². The smallest absolute Gasteiger partial charge is 0.245 e. The highest BCUT2D eigenvalue weighted by molar-refractivity contribution is 7.18. The molecule has 9 heteroatoms. The lowest BCUT2D eigenvalue weighted by atomic mass is 10.1. The van der Waals surface area contributed by atoms with Crippen molar-refractivity contribution in [3.8, 4) is 10.6 Å². The maximum absolute atomic E-state index is 12.3. The van der Waals surface area contributed by atoms with E-state index in [0.29, 0.717) is 24.6 Å². The fraction of sp³-hybridized carbons (Fsp3) is 0.444.